The summed E-state index contributed by atoms with van der Waals surface area (Å²) in [6, 6.07) is 4.68. The van der Waals surface area contributed by atoms with Crippen LogP contribution in [0.3, 0.4) is 0 Å². The average Bonchev–Trinajstić information content (AvgIpc) is 2.71. The summed E-state index contributed by atoms with van der Waals surface area (Å²) in [6.45, 7) is 3.20. The fourth-order valence-corrected chi connectivity index (χ4v) is 1.25. The largest absolute Gasteiger partial charge is 0.384 e. The lowest BCUT2D eigenvalue weighted by Crippen LogP contribution is -1.91. The normalized spacial score (nSPS) is 12.8. The second kappa shape index (κ2) is 4.02. The smallest absolute Gasteiger partial charge is 0.255 e. The number of hydrogen-bond donors (Lipinski definition) is 1. The number of hydrogen-bond acceptors (Lipinski definition) is 4. The lowest BCUT2D eigenvalue weighted by atomic mass is 10.1. The number of aryl methyl sites for hydroxylation is 1. The molecule has 0 bridgehead atoms. The molecular weight excluding hydrogens is 211 g/mol. The lowest BCUT2D eigenvalue weighted by molar-refractivity contribution is 0.152. The number of nitrogens with zero attached hydrogens (tertiary/aromatic N) is 2. The molecule has 0 amide bonds. The molecule has 1 atom stereocenters. The highest BCUT2D eigenvalue weighted by Gasteiger charge is 2.13. The minimum Gasteiger partial charge on any atom is -0.384 e. The van der Waals surface area contributed by atoms with Crippen molar-refractivity contribution >= 4 is 0 Å². The van der Waals surface area contributed by atoms with E-state index in [0.717, 1.165) is 0 Å². The Kier molecular flexibility index (Phi) is 2.70. The van der Waals surface area contributed by atoms with Crippen LogP contribution in [0, 0.1) is 12.7 Å². The lowest BCUT2D eigenvalue weighted by Gasteiger charge is -1.97. The minimum absolute atomic E-state index is 0.121. The van der Waals surface area contributed by atoms with Crippen LogP contribution in [-0.4, -0.2) is 15.2 Å². The molecule has 0 spiro atoms. The van der Waals surface area contributed by atoms with E-state index in [1.165, 1.54) is 13.0 Å². The molecule has 16 heavy (non-hydrogen) atoms. The number of aromatic nitrogens is 2. The topological polar surface area (TPSA) is 59.2 Å². The molecule has 4 nitrogen and oxygen atoms in total. The summed E-state index contributed by atoms with van der Waals surface area (Å²) in [4.78, 5) is 3.96. The van der Waals surface area contributed by atoms with Crippen molar-refractivity contribution in [2.75, 3.05) is 0 Å². The van der Waals surface area contributed by atoms with Gasteiger partial charge in [0.15, 0.2) is 0 Å². The Balaban J connectivity index is 2.39. The Bertz CT molecular complexity index is 508. The average molecular weight is 222 g/mol. The van der Waals surface area contributed by atoms with Gasteiger partial charge in [-0.25, -0.2) is 4.39 Å². The zero-order valence-corrected chi connectivity index (χ0v) is 8.94. The van der Waals surface area contributed by atoms with Crippen molar-refractivity contribution in [3.8, 4) is 11.4 Å². The van der Waals surface area contributed by atoms with Gasteiger partial charge in [-0.15, -0.1) is 0 Å². The van der Waals surface area contributed by atoms with Gasteiger partial charge in [-0.3, -0.25) is 0 Å². The Hall–Kier alpha value is -1.75. The van der Waals surface area contributed by atoms with Gasteiger partial charge in [-0.2, -0.15) is 4.98 Å². The Morgan fingerprint density at radius 3 is 2.75 bits per heavy atom. The van der Waals surface area contributed by atoms with Crippen LogP contribution in [0.1, 0.15) is 24.5 Å². The van der Waals surface area contributed by atoms with Gasteiger partial charge in [0, 0.05) is 5.56 Å². The zero-order chi connectivity index (χ0) is 11.7. The molecular formula is C11H11FN2O2. The van der Waals surface area contributed by atoms with E-state index in [-0.39, 0.29) is 17.5 Å². The highest BCUT2D eigenvalue weighted by Crippen LogP contribution is 2.20. The van der Waals surface area contributed by atoms with Crippen molar-refractivity contribution < 1.29 is 14.0 Å². The molecule has 0 fully saturated rings. The SMILES string of the molecule is Cc1ccc(-c2noc([C@H](C)O)n2)cc1F. The summed E-state index contributed by atoms with van der Waals surface area (Å²) >= 11 is 0. The highest BCUT2D eigenvalue weighted by molar-refractivity contribution is 5.54. The summed E-state index contributed by atoms with van der Waals surface area (Å²) in [7, 11) is 0. The third kappa shape index (κ3) is 1.94. The molecule has 0 saturated heterocycles. The van der Waals surface area contributed by atoms with Gasteiger partial charge in [-0.1, -0.05) is 17.3 Å². The molecule has 5 heteroatoms. The Labute approximate surface area is 91.7 Å². The van der Waals surface area contributed by atoms with E-state index in [1.54, 1.807) is 19.1 Å². The van der Waals surface area contributed by atoms with Crippen LogP contribution < -0.4 is 0 Å². The zero-order valence-electron chi connectivity index (χ0n) is 8.94. The summed E-state index contributed by atoms with van der Waals surface area (Å²) in [6.07, 6.45) is -0.823. The summed E-state index contributed by atoms with van der Waals surface area (Å²) < 4.78 is 18.1. The molecule has 1 N–H and O–H groups in total. The molecule has 1 aromatic heterocycles. The molecule has 1 heterocycles. The third-order valence-corrected chi connectivity index (χ3v) is 2.23. The number of aliphatic hydroxyl groups is 1. The first kappa shape index (κ1) is 10.8. The predicted molar refractivity (Wildman–Crippen MR) is 55.1 cm³/mol. The standard InChI is InChI=1S/C11H11FN2O2/c1-6-3-4-8(5-9(6)12)10-13-11(7(2)15)16-14-10/h3-5,7,15H,1-2H3/t7-/m0/s1. The van der Waals surface area contributed by atoms with Crippen molar-refractivity contribution in [3.63, 3.8) is 0 Å². The molecule has 1 aromatic carbocycles. The fourth-order valence-electron chi connectivity index (χ4n) is 1.25. The van der Waals surface area contributed by atoms with Gasteiger partial charge >= 0.3 is 0 Å². The Morgan fingerprint density at radius 1 is 1.44 bits per heavy atom. The van der Waals surface area contributed by atoms with E-state index in [2.05, 4.69) is 10.1 Å². The molecule has 0 aliphatic carbocycles. The van der Waals surface area contributed by atoms with Gasteiger partial charge in [0.25, 0.3) is 5.89 Å². The number of rotatable bonds is 2. The summed E-state index contributed by atoms with van der Waals surface area (Å²) in [5, 5.41) is 12.9. The van der Waals surface area contributed by atoms with Gasteiger partial charge in [0.05, 0.1) is 0 Å². The molecule has 0 aliphatic rings. The van der Waals surface area contributed by atoms with Crippen LogP contribution in [0.15, 0.2) is 22.7 Å². The molecule has 0 radical (unpaired) electrons. The quantitative estimate of drug-likeness (QED) is 0.846. The molecule has 0 unspecified atom stereocenters. The van der Waals surface area contributed by atoms with Crippen molar-refractivity contribution in [1.29, 1.82) is 0 Å². The van der Waals surface area contributed by atoms with Crippen LogP contribution in [0.4, 0.5) is 4.39 Å². The maximum atomic E-state index is 13.3. The van der Waals surface area contributed by atoms with Crippen LogP contribution in [-0.2, 0) is 0 Å². The van der Waals surface area contributed by atoms with Crippen molar-refractivity contribution in [2.24, 2.45) is 0 Å². The molecule has 2 aromatic rings. The van der Waals surface area contributed by atoms with E-state index >= 15 is 0 Å². The number of halogens is 1. The van der Waals surface area contributed by atoms with Gasteiger partial charge in [-0.05, 0) is 25.5 Å². The second-order valence-electron chi connectivity index (χ2n) is 3.60. The molecule has 2 rings (SSSR count). The van der Waals surface area contributed by atoms with Gasteiger partial charge in [0.2, 0.25) is 5.82 Å². The third-order valence-electron chi connectivity index (χ3n) is 2.23. The van der Waals surface area contributed by atoms with E-state index in [9.17, 15) is 9.50 Å². The first-order chi connectivity index (χ1) is 7.58. The number of aliphatic hydroxyl groups excluding tert-OH is 1. The molecule has 0 saturated carbocycles. The minimum atomic E-state index is -0.823. The van der Waals surface area contributed by atoms with E-state index in [4.69, 9.17) is 4.52 Å². The highest BCUT2D eigenvalue weighted by atomic mass is 19.1. The first-order valence-electron chi connectivity index (χ1n) is 4.86. The molecule has 84 valence electrons. The monoisotopic (exact) mass is 222 g/mol. The second-order valence-corrected chi connectivity index (χ2v) is 3.60. The maximum absolute atomic E-state index is 13.3. The number of benzene rings is 1. The van der Waals surface area contributed by atoms with E-state index in [0.29, 0.717) is 11.1 Å². The maximum Gasteiger partial charge on any atom is 0.255 e. The van der Waals surface area contributed by atoms with E-state index in [1.807, 2.05) is 0 Å². The summed E-state index contributed by atoms with van der Waals surface area (Å²) in [5.41, 5.74) is 1.08. The van der Waals surface area contributed by atoms with Gasteiger partial charge < -0.3 is 9.63 Å². The van der Waals surface area contributed by atoms with E-state index < -0.39 is 6.10 Å². The van der Waals surface area contributed by atoms with Crippen LogP contribution in [0.2, 0.25) is 0 Å². The first-order valence-corrected chi connectivity index (χ1v) is 4.86. The van der Waals surface area contributed by atoms with Crippen LogP contribution in [0.5, 0.6) is 0 Å². The molecule has 0 aliphatic heterocycles. The predicted octanol–water partition coefficient (Wildman–Crippen LogP) is 2.24. The Morgan fingerprint density at radius 2 is 2.19 bits per heavy atom. The van der Waals surface area contributed by atoms with Crippen molar-refractivity contribution in [1.82, 2.24) is 10.1 Å². The van der Waals surface area contributed by atoms with Crippen molar-refractivity contribution in [2.45, 2.75) is 20.0 Å². The van der Waals surface area contributed by atoms with Crippen molar-refractivity contribution in [3.05, 3.63) is 35.5 Å². The fraction of sp³-hybridized carbons (Fsp3) is 0.273. The van der Waals surface area contributed by atoms with Crippen LogP contribution in [0.25, 0.3) is 11.4 Å². The summed E-state index contributed by atoms with van der Waals surface area (Å²) in [5.74, 6) is 0.0756. The van der Waals surface area contributed by atoms with Crippen LogP contribution >= 0.6 is 0 Å². The van der Waals surface area contributed by atoms with Gasteiger partial charge in [0.1, 0.15) is 11.9 Å².